The van der Waals surface area contributed by atoms with Crippen molar-refractivity contribution in [3.63, 3.8) is 0 Å². The number of rotatable bonds is 2. The summed E-state index contributed by atoms with van der Waals surface area (Å²) in [6, 6.07) is -0.756. The highest BCUT2D eigenvalue weighted by atomic mass is 16.4. The topological polar surface area (TPSA) is 113 Å². The summed E-state index contributed by atoms with van der Waals surface area (Å²) >= 11 is 0. The summed E-state index contributed by atoms with van der Waals surface area (Å²) in [4.78, 5) is 18.0. The van der Waals surface area contributed by atoms with E-state index in [0.717, 1.165) is 6.21 Å². The summed E-state index contributed by atoms with van der Waals surface area (Å²) in [6.45, 7) is 0. The van der Waals surface area contributed by atoms with Gasteiger partial charge in [0.1, 0.15) is 5.69 Å². The van der Waals surface area contributed by atoms with Gasteiger partial charge in [0.25, 0.3) is 0 Å². The Bertz CT molecular complexity index is 338. The average molecular weight is 181 g/mol. The van der Waals surface area contributed by atoms with E-state index < -0.39 is 6.03 Å². The Morgan fingerprint density at radius 3 is 2.92 bits per heavy atom. The molecule has 0 atom stereocenters. The minimum absolute atomic E-state index is 0.146. The minimum Gasteiger partial charge on any atom is -0.411 e. The molecule has 0 aliphatic rings. The molecule has 68 valence electrons. The molecule has 0 unspecified atom stereocenters. The van der Waals surface area contributed by atoms with Gasteiger partial charge in [-0.15, -0.1) is 0 Å². The molecule has 1 rings (SSSR count). The predicted octanol–water partition coefficient (Wildman–Crippen LogP) is -0.225. The molecule has 2 amide bonds. The first-order chi connectivity index (χ1) is 6.24. The Labute approximate surface area is 73.3 Å². The highest BCUT2D eigenvalue weighted by Crippen LogP contribution is 2.04. The second-order valence-corrected chi connectivity index (χ2v) is 2.02. The monoisotopic (exact) mass is 181 g/mol. The van der Waals surface area contributed by atoms with Gasteiger partial charge in [0.15, 0.2) is 5.82 Å². The molecule has 1 aromatic heterocycles. The third-order valence-electron chi connectivity index (χ3n) is 1.15. The van der Waals surface area contributed by atoms with Gasteiger partial charge in [0, 0.05) is 12.4 Å². The number of nitrogens with two attached hydrogens (primary N) is 1. The fourth-order valence-electron chi connectivity index (χ4n) is 0.711. The number of hydrogen-bond donors (Lipinski definition) is 3. The Morgan fingerprint density at radius 2 is 2.31 bits per heavy atom. The number of oxime groups is 1. The van der Waals surface area contributed by atoms with Crippen molar-refractivity contribution in [1.82, 2.24) is 9.97 Å². The van der Waals surface area contributed by atoms with Crippen molar-refractivity contribution in [3.05, 3.63) is 18.1 Å². The van der Waals surface area contributed by atoms with Crippen LogP contribution in [0.15, 0.2) is 17.5 Å². The Balaban J connectivity index is 2.97. The van der Waals surface area contributed by atoms with E-state index in [1.807, 2.05) is 0 Å². The van der Waals surface area contributed by atoms with Crippen LogP contribution in [-0.2, 0) is 0 Å². The van der Waals surface area contributed by atoms with Gasteiger partial charge in [-0.25, -0.2) is 14.8 Å². The maximum Gasteiger partial charge on any atom is 0.317 e. The summed E-state index contributed by atoms with van der Waals surface area (Å²) in [5.74, 6) is 0.146. The molecule has 0 radical (unpaired) electrons. The lowest BCUT2D eigenvalue weighted by molar-refractivity contribution is 0.259. The zero-order chi connectivity index (χ0) is 9.68. The largest absolute Gasteiger partial charge is 0.411 e. The molecule has 1 heterocycles. The van der Waals surface area contributed by atoms with Crippen molar-refractivity contribution in [2.75, 3.05) is 5.32 Å². The van der Waals surface area contributed by atoms with Crippen molar-refractivity contribution >= 4 is 18.1 Å². The molecule has 13 heavy (non-hydrogen) atoms. The van der Waals surface area contributed by atoms with Crippen LogP contribution < -0.4 is 11.1 Å². The lowest BCUT2D eigenvalue weighted by Crippen LogP contribution is -2.21. The van der Waals surface area contributed by atoms with Gasteiger partial charge in [-0.1, -0.05) is 5.16 Å². The van der Waals surface area contributed by atoms with Gasteiger partial charge in [-0.3, -0.25) is 5.32 Å². The first-order valence-corrected chi connectivity index (χ1v) is 3.29. The molecule has 0 fully saturated rings. The smallest absolute Gasteiger partial charge is 0.317 e. The van der Waals surface area contributed by atoms with Crippen molar-refractivity contribution < 1.29 is 10.0 Å². The molecule has 1 aromatic rings. The van der Waals surface area contributed by atoms with E-state index >= 15 is 0 Å². The van der Waals surface area contributed by atoms with Crippen molar-refractivity contribution in [2.24, 2.45) is 10.9 Å². The molecular formula is C6H7N5O2. The molecule has 7 nitrogen and oxygen atoms in total. The first-order valence-electron chi connectivity index (χ1n) is 3.29. The number of nitrogens with one attached hydrogen (secondary N) is 1. The number of carbonyl (C=O) groups is 1. The highest BCUT2D eigenvalue weighted by molar-refractivity contribution is 5.92. The number of aromatic nitrogens is 2. The quantitative estimate of drug-likeness (QED) is 0.332. The summed E-state index contributed by atoms with van der Waals surface area (Å²) in [5, 5.41) is 13.2. The molecule has 0 saturated heterocycles. The zero-order valence-electron chi connectivity index (χ0n) is 6.51. The third-order valence-corrected chi connectivity index (χ3v) is 1.15. The van der Waals surface area contributed by atoms with E-state index in [1.165, 1.54) is 12.4 Å². The fraction of sp³-hybridized carbons (Fsp3) is 0. The molecule has 0 aliphatic carbocycles. The number of nitrogens with zero attached hydrogens (tertiary/aromatic N) is 3. The van der Waals surface area contributed by atoms with Gasteiger partial charge >= 0.3 is 6.03 Å². The van der Waals surface area contributed by atoms with E-state index in [4.69, 9.17) is 10.9 Å². The fourth-order valence-corrected chi connectivity index (χ4v) is 0.711. The third kappa shape index (κ3) is 2.40. The first kappa shape index (κ1) is 8.91. The van der Waals surface area contributed by atoms with E-state index in [1.54, 1.807) is 0 Å². The Hall–Kier alpha value is -2.18. The van der Waals surface area contributed by atoms with Crippen LogP contribution in [0.1, 0.15) is 5.69 Å². The summed E-state index contributed by atoms with van der Waals surface area (Å²) in [5.41, 5.74) is 5.09. The standard InChI is InChI=1S/C6H7N5O2/c7-6(12)11-5-4(3-10-13)8-1-2-9-5/h1-3,13H,(H3,7,9,11,12)/b10-3+. The second-order valence-electron chi connectivity index (χ2n) is 2.02. The van der Waals surface area contributed by atoms with E-state index in [2.05, 4.69) is 20.4 Å². The van der Waals surface area contributed by atoms with Crippen LogP contribution in [0.25, 0.3) is 0 Å². The van der Waals surface area contributed by atoms with Crippen LogP contribution in [0.5, 0.6) is 0 Å². The molecule has 0 saturated carbocycles. The van der Waals surface area contributed by atoms with Crippen molar-refractivity contribution in [1.29, 1.82) is 0 Å². The number of anilines is 1. The Morgan fingerprint density at radius 1 is 1.62 bits per heavy atom. The SMILES string of the molecule is NC(=O)Nc1nccnc1/C=N/O. The lowest BCUT2D eigenvalue weighted by Gasteiger charge is -2.01. The van der Waals surface area contributed by atoms with Crippen LogP contribution in [0, 0.1) is 0 Å². The number of urea groups is 1. The van der Waals surface area contributed by atoms with Crippen LogP contribution in [0.3, 0.4) is 0 Å². The zero-order valence-corrected chi connectivity index (χ0v) is 6.51. The van der Waals surface area contributed by atoms with Gasteiger partial charge in [-0.2, -0.15) is 0 Å². The van der Waals surface area contributed by atoms with E-state index in [9.17, 15) is 4.79 Å². The van der Waals surface area contributed by atoms with Crippen LogP contribution in [0.2, 0.25) is 0 Å². The van der Waals surface area contributed by atoms with Crippen LogP contribution in [-0.4, -0.2) is 27.4 Å². The number of carbonyl (C=O) groups excluding carboxylic acids is 1. The summed E-state index contributed by atoms with van der Waals surface area (Å²) < 4.78 is 0. The molecule has 4 N–H and O–H groups in total. The Kier molecular flexibility index (Phi) is 2.74. The van der Waals surface area contributed by atoms with Gasteiger partial charge in [0.2, 0.25) is 0 Å². The average Bonchev–Trinajstić information content (AvgIpc) is 2.08. The molecule has 7 heteroatoms. The second kappa shape index (κ2) is 4.00. The molecule has 0 bridgehead atoms. The van der Waals surface area contributed by atoms with Crippen LogP contribution >= 0.6 is 0 Å². The maximum atomic E-state index is 10.5. The van der Waals surface area contributed by atoms with Gasteiger partial charge in [-0.05, 0) is 0 Å². The van der Waals surface area contributed by atoms with E-state index in [-0.39, 0.29) is 11.5 Å². The molecule has 0 aromatic carbocycles. The number of amides is 2. The highest BCUT2D eigenvalue weighted by Gasteiger charge is 2.03. The number of primary amides is 1. The van der Waals surface area contributed by atoms with Gasteiger partial charge < -0.3 is 10.9 Å². The summed E-state index contributed by atoms with van der Waals surface area (Å²) in [7, 11) is 0. The maximum absolute atomic E-state index is 10.5. The molecular weight excluding hydrogens is 174 g/mol. The lowest BCUT2D eigenvalue weighted by atomic mass is 10.4. The molecule has 0 aliphatic heterocycles. The predicted molar refractivity (Wildman–Crippen MR) is 44.6 cm³/mol. The molecule has 0 spiro atoms. The number of hydrogen-bond acceptors (Lipinski definition) is 5. The van der Waals surface area contributed by atoms with E-state index in [0.29, 0.717) is 0 Å². The van der Waals surface area contributed by atoms with Crippen molar-refractivity contribution in [2.45, 2.75) is 0 Å². The van der Waals surface area contributed by atoms with Crippen LogP contribution in [0.4, 0.5) is 10.6 Å². The minimum atomic E-state index is -0.756. The summed E-state index contributed by atoms with van der Waals surface area (Å²) in [6.07, 6.45) is 3.81. The van der Waals surface area contributed by atoms with Crippen molar-refractivity contribution in [3.8, 4) is 0 Å². The van der Waals surface area contributed by atoms with Gasteiger partial charge in [0.05, 0.1) is 6.21 Å². The normalized spacial score (nSPS) is 10.2.